The van der Waals surface area contributed by atoms with E-state index in [1.165, 1.54) is 10.8 Å². The van der Waals surface area contributed by atoms with E-state index in [9.17, 15) is 0 Å². The van der Waals surface area contributed by atoms with E-state index in [2.05, 4.69) is 78.9 Å². The van der Waals surface area contributed by atoms with E-state index >= 15 is 0 Å². The lowest BCUT2D eigenvalue weighted by Gasteiger charge is -2.16. The predicted molar refractivity (Wildman–Crippen MR) is 165 cm³/mol. The molecule has 5 aromatic carbocycles. The molecule has 194 valence electrons. The van der Waals surface area contributed by atoms with Crippen molar-refractivity contribution in [3.05, 3.63) is 145 Å². The lowest BCUT2D eigenvalue weighted by molar-refractivity contribution is 0.269. The molecular formula is C37H25N3O. The van der Waals surface area contributed by atoms with Gasteiger partial charge in [-0.05, 0) is 46.2 Å². The largest absolute Gasteiger partial charge is 0.485 e. The molecule has 4 nitrogen and oxygen atoms in total. The fraction of sp³-hybridized carbons (Fsp3) is 0.0541. The minimum Gasteiger partial charge on any atom is -0.485 e. The maximum atomic E-state index is 6.54. The summed E-state index contributed by atoms with van der Waals surface area (Å²) in [5.74, 6) is 2.90. The van der Waals surface area contributed by atoms with Crippen molar-refractivity contribution in [1.29, 1.82) is 0 Å². The van der Waals surface area contributed by atoms with Crippen molar-refractivity contribution in [3.63, 3.8) is 0 Å². The summed E-state index contributed by atoms with van der Waals surface area (Å²) in [4.78, 5) is 15.1. The summed E-state index contributed by atoms with van der Waals surface area (Å²) in [6.45, 7) is 0. The zero-order valence-electron chi connectivity index (χ0n) is 22.2. The highest BCUT2D eigenvalue weighted by atomic mass is 16.5. The fourth-order valence-electron chi connectivity index (χ4n) is 5.82. The Hall–Kier alpha value is -5.35. The number of nitrogens with zero attached hydrogens (tertiary/aromatic N) is 3. The van der Waals surface area contributed by atoms with Crippen LogP contribution in [0.2, 0.25) is 0 Å². The quantitative estimate of drug-likeness (QED) is 0.230. The summed E-state index contributed by atoms with van der Waals surface area (Å²) in [7, 11) is 0. The molecule has 0 fully saturated rings. The van der Waals surface area contributed by atoms with Crippen LogP contribution in [-0.4, -0.2) is 21.1 Å². The van der Waals surface area contributed by atoms with Gasteiger partial charge in [0.25, 0.3) is 0 Å². The molecule has 2 atom stereocenters. The molecule has 4 heteroatoms. The number of benzene rings is 5. The number of aromatic nitrogens is 3. The van der Waals surface area contributed by atoms with E-state index in [-0.39, 0.29) is 12.0 Å². The van der Waals surface area contributed by atoms with Gasteiger partial charge in [-0.25, -0.2) is 15.0 Å². The van der Waals surface area contributed by atoms with Gasteiger partial charge in [0.1, 0.15) is 11.9 Å². The maximum absolute atomic E-state index is 6.54. The Kier molecular flexibility index (Phi) is 5.56. The summed E-state index contributed by atoms with van der Waals surface area (Å²) >= 11 is 0. The standard InChI is InChI=1S/C37H25N3O/c1-3-12-25(13-4-1)35-38-36(26-14-5-2-6-15-26)40-37(39-35)31-22-29(28-20-19-24-11-7-8-16-27(24)21-28)23-33-34(31)30-17-9-10-18-32(30)41-33/h1-23,30,32H. The molecule has 0 bridgehead atoms. The average Bonchev–Trinajstić information content (AvgIpc) is 3.43. The Morgan fingerprint density at radius 2 is 1.12 bits per heavy atom. The minimum absolute atomic E-state index is 0.0513. The Morgan fingerprint density at radius 3 is 1.85 bits per heavy atom. The second-order valence-corrected chi connectivity index (χ2v) is 10.4. The molecule has 41 heavy (non-hydrogen) atoms. The normalized spacial score (nSPS) is 16.8. The van der Waals surface area contributed by atoms with Crippen LogP contribution >= 0.6 is 0 Å². The van der Waals surface area contributed by atoms with Gasteiger partial charge in [-0.3, -0.25) is 0 Å². The monoisotopic (exact) mass is 527 g/mol. The first kappa shape index (κ1) is 23.5. The summed E-state index contributed by atoms with van der Waals surface area (Å²) in [6, 6.07) is 39.6. The second kappa shape index (κ2) is 9.68. The summed E-state index contributed by atoms with van der Waals surface area (Å²) in [5, 5.41) is 2.41. The predicted octanol–water partition coefficient (Wildman–Crippen LogP) is 8.66. The van der Waals surface area contributed by atoms with Crippen LogP contribution in [0.5, 0.6) is 5.75 Å². The molecule has 0 N–H and O–H groups in total. The second-order valence-electron chi connectivity index (χ2n) is 10.4. The molecule has 0 radical (unpaired) electrons. The van der Waals surface area contributed by atoms with Crippen molar-refractivity contribution in [3.8, 4) is 51.0 Å². The molecule has 0 saturated carbocycles. The van der Waals surface area contributed by atoms with Gasteiger partial charge < -0.3 is 4.74 Å². The van der Waals surface area contributed by atoms with E-state index in [1.54, 1.807) is 0 Å². The van der Waals surface area contributed by atoms with Crippen LogP contribution in [0.15, 0.2) is 140 Å². The first-order chi connectivity index (χ1) is 20.3. The zero-order chi connectivity index (χ0) is 27.2. The van der Waals surface area contributed by atoms with Gasteiger partial charge in [0, 0.05) is 28.2 Å². The number of ether oxygens (including phenoxy) is 1. The maximum Gasteiger partial charge on any atom is 0.164 e. The molecule has 0 spiro atoms. The van der Waals surface area contributed by atoms with E-state index in [1.807, 2.05) is 60.7 Å². The van der Waals surface area contributed by atoms with Crippen molar-refractivity contribution < 1.29 is 4.74 Å². The number of allylic oxidation sites excluding steroid dienone is 2. The molecule has 0 amide bonds. The SMILES string of the molecule is C1=CC2Oc3cc(-c4ccc5ccccc5c4)cc(-c4nc(-c5ccccc5)nc(-c5ccccc5)n4)c3C2C=C1. The highest BCUT2D eigenvalue weighted by molar-refractivity contribution is 5.89. The molecule has 1 aliphatic carbocycles. The molecular weight excluding hydrogens is 502 g/mol. The topological polar surface area (TPSA) is 47.9 Å². The van der Waals surface area contributed by atoms with Crippen LogP contribution in [0, 0.1) is 0 Å². The van der Waals surface area contributed by atoms with Crippen LogP contribution in [0.1, 0.15) is 11.5 Å². The van der Waals surface area contributed by atoms with Gasteiger partial charge in [0.2, 0.25) is 0 Å². The molecule has 0 saturated heterocycles. The van der Waals surface area contributed by atoms with Crippen LogP contribution in [0.4, 0.5) is 0 Å². The average molecular weight is 528 g/mol. The molecule has 6 aromatic rings. The first-order valence-corrected chi connectivity index (χ1v) is 13.9. The van der Waals surface area contributed by atoms with Crippen molar-refractivity contribution >= 4 is 10.8 Å². The highest BCUT2D eigenvalue weighted by Crippen LogP contribution is 2.48. The number of fused-ring (bicyclic) bond motifs is 4. The number of hydrogen-bond acceptors (Lipinski definition) is 4. The third-order valence-electron chi connectivity index (χ3n) is 7.85. The lowest BCUT2D eigenvalue weighted by atomic mass is 9.86. The fourth-order valence-corrected chi connectivity index (χ4v) is 5.82. The first-order valence-electron chi connectivity index (χ1n) is 13.9. The summed E-state index contributed by atoms with van der Waals surface area (Å²) < 4.78 is 6.54. The third-order valence-corrected chi connectivity index (χ3v) is 7.85. The molecule has 2 aliphatic rings. The number of hydrogen-bond donors (Lipinski definition) is 0. The van der Waals surface area contributed by atoms with E-state index in [4.69, 9.17) is 19.7 Å². The molecule has 1 aliphatic heterocycles. The van der Waals surface area contributed by atoms with E-state index in [0.29, 0.717) is 17.5 Å². The highest BCUT2D eigenvalue weighted by Gasteiger charge is 2.36. The van der Waals surface area contributed by atoms with Gasteiger partial charge in [0.05, 0.1) is 0 Å². The smallest absolute Gasteiger partial charge is 0.164 e. The van der Waals surface area contributed by atoms with Crippen LogP contribution in [0.25, 0.3) is 56.1 Å². The zero-order valence-corrected chi connectivity index (χ0v) is 22.2. The molecule has 2 heterocycles. The Labute approximate surface area is 238 Å². The van der Waals surface area contributed by atoms with Crippen LogP contribution in [0.3, 0.4) is 0 Å². The van der Waals surface area contributed by atoms with Gasteiger partial charge in [-0.2, -0.15) is 0 Å². The van der Waals surface area contributed by atoms with Crippen LogP contribution in [-0.2, 0) is 0 Å². The van der Waals surface area contributed by atoms with E-state index in [0.717, 1.165) is 39.1 Å². The lowest BCUT2D eigenvalue weighted by Crippen LogP contribution is -2.16. The van der Waals surface area contributed by atoms with Crippen molar-refractivity contribution in [1.82, 2.24) is 15.0 Å². The van der Waals surface area contributed by atoms with Crippen molar-refractivity contribution in [2.24, 2.45) is 0 Å². The van der Waals surface area contributed by atoms with Gasteiger partial charge in [-0.15, -0.1) is 0 Å². The Morgan fingerprint density at radius 1 is 0.488 bits per heavy atom. The Bertz CT molecular complexity index is 1920. The van der Waals surface area contributed by atoms with E-state index < -0.39 is 0 Å². The van der Waals surface area contributed by atoms with Gasteiger partial charge >= 0.3 is 0 Å². The molecule has 8 rings (SSSR count). The molecule has 1 aromatic heterocycles. The molecule has 2 unspecified atom stereocenters. The third kappa shape index (κ3) is 4.21. The summed E-state index contributed by atoms with van der Waals surface area (Å²) in [5.41, 5.74) is 6.17. The summed E-state index contributed by atoms with van der Waals surface area (Å²) in [6.07, 6.45) is 8.44. The van der Waals surface area contributed by atoms with Gasteiger partial charge in [0.15, 0.2) is 17.5 Å². The van der Waals surface area contributed by atoms with Crippen molar-refractivity contribution in [2.45, 2.75) is 12.0 Å². The Balaban J connectivity index is 1.38. The minimum atomic E-state index is -0.0513. The van der Waals surface area contributed by atoms with Gasteiger partial charge in [-0.1, -0.05) is 115 Å². The number of rotatable bonds is 4. The van der Waals surface area contributed by atoms with Crippen molar-refractivity contribution in [2.75, 3.05) is 0 Å². The van der Waals surface area contributed by atoms with Crippen LogP contribution < -0.4 is 4.74 Å².